The minimum absolute atomic E-state index is 0.0618. The van der Waals surface area contributed by atoms with Crippen molar-refractivity contribution in [3.05, 3.63) is 65.7 Å². The molecule has 0 aliphatic carbocycles. The van der Waals surface area contributed by atoms with Gasteiger partial charge in [-0.2, -0.15) is 0 Å². The van der Waals surface area contributed by atoms with Crippen LogP contribution in [0.5, 0.6) is 5.75 Å². The summed E-state index contributed by atoms with van der Waals surface area (Å²) in [6.45, 7) is 3.71. The van der Waals surface area contributed by atoms with Crippen LogP contribution in [0.4, 0.5) is 0 Å². The number of benzene rings is 2. The normalized spacial score (nSPS) is 27.2. The van der Waals surface area contributed by atoms with E-state index in [1.165, 1.54) is 18.4 Å². The van der Waals surface area contributed by atoms with Gasteiger partial charge in [-0.05, 0) is 36.2 Å². The van der Waals surface area contributed by atoms with E-state index >= 15 is 0 Å². The summed E-state index contributed by atoms with van der Waals surface area (Å²) in [5.74, 6) is 0.0351. The van der Waals surface area contributed by atoms with Gasteiger partial charge in [0.15, 0.2) is 0 Å². The molecule has 2 bridgehead atoms. The molecule has 1 N–H and O–H groups in total. The van der Waals surface area contributed by atoms with Crippen LogP contribution in [0, 0.1) is 0 Å². The first kappa shape index (κ1) is 23.8. The van der Waals surface area contributed by atoms with Gasteiger partial charge in [-0.3, -0.25) is 4.79 Å². The molecule has 0 saturated carbocycles. The van der Waals surface area contributed by atoms with Crippen LogP contribution in [-0.4, -0.2) is 54.0 Å². The third-order valence-corrected chi connectivity index (χ3v) is 7.74. The first-order valence-electron chi connectivity index (χ1n) is 12.5. The fraction of sp³-hybridized carbons (Fsp3) is 0.536. The van der Waals surface area contributed by atoms with Gasteiger partial charge in [-0.1, -0.05) is 43.7 Å². The van der Waals surface area contributed by atoms with E-state index in [1.54, 1.807) is 0 Å². The van der Waals surface area contributed by atoms with Crippen LogP contribution >= 0.6 is 0 Å². The molecule has 2 fully saturated rings. The summed E-state index contributed by atoms with van der Waals surface area (Å²) in [4.78, 5) is 12.9. The van der Waals surface area contributed by atoms with Crippen LogP contribution in [0.3, 0.4) is 0 Å². The zero-order valence-corrected chi connectivity index (χ0v) is 20.0. The van der Waals surface area contributed by atoms with Gasteiger partial charge in [0, 0.05) is 31.2 Å². The Balaban J connectivity index is 1.36. The molecule has 2 aliphatic rings. The van der Waals surface area contributed by atoms with Crippen LogP contribution in [-0.2, 0) is 16.1 Å². The van der Waals surface area contributed by atoms with Gasteiger partial charge >= 0.3 is 5.97 Å². The molecule has 2 aromatic rings. The summed E-state index contributed by atoms with van der Waals surface area (Å²) in [7, 11) is 2.37. The van der Waals surface area contributed by atoms with Gasteiger partial charge in [0.1, 0.15) is 24.3 Å². The number of piperidine rings is 1. The van der Waals surface area contributed by atoms with Crippen LogP contribution in [0.15, 0.2) is 54.6 Å². The van der Waals surface area contributed by atoms with E-state index in [0.29, 0.717) is 12.1 Å². The molecule has 3 atom stereocenters. The molecule has 0 aromatic heterocycles. The number of carbonyl (C=O) groups excluding carboxylic acids is 1. The number of rotatable bonds is 10. The number of hydrogen-bond acceptors (Lipinski definition) is 4. The highest BCUT2D eigenvalue weighted by molar-refractivity contribution is 5.78. The molecular weight excluding hydrogens is 414 g/mol. The molecule has 5 heteroatoms. The molecule has 4 rings (SSSR count). The Morgan fingerprint density at radius 2 is 1.73 bits per heavy atom. The fourth-order valence-corrected chi connectivity index (χ4v) is 5.71. The van der Waals surface area contributed by atoms with Gasteiger partial charge in [0.25, 0.3) is 0 Å². The molecule has 0 radical (unpaired) electrons. The monoisotopic (exact) mass is 452 g/mol. The number of unbranched alkanes of at least 4 members (excludes halogenated alkanes) is 1. The molecule has 5 nitrogen and oxygen atoms in total. The van der Waals surface area contributed by atoms with Crippen LogP contribution in [0.25, 0.3) is 0 Å². The molecule has 2 aliphatic heterocycles. The number of ether oxygens (including phenoxy) is 2. The molecule has 33 heavy (non-hydrogen) atoms. The molecule has 0 unspecified atom stereocenters. The minimum Gasteiger partial charge on any atom is -0.494 e. The molecule has 2 saturated heterocycles. The molecule has 0 spiro atoms. The van der Waals surface area contributed by atoms with E-state index < -0.39 is 5.92 Å². The third-order valence-electron chi connectivity index (χ3n) is 7.74. The number of aliphatic hydroxyl groups is 1. The first-order chi connectivity index (χ1) is 16.0. The molecule has 178 valence electrons. The van der Waals surface area contributed by atoms with Crippen LogP contribution in [0.1, 0.15) is 62.5 Å². The van der Waals surface area contributed by atoms with E-state index in [4.69, 9.17) is 9.47 Å². The Morgan fingerprint density at radius 3 is 2.33 bits per heavy atom. The topological polar surface area (TPSA) is 55.8 Å². The second-order valence-corrected chi connectivity index (χ2v) is 9.91. The zero-order valence-electron chi connectivity index (χ0n) is 20.0. The smallest absolute Gasteiger partial charge is 0.316 e. The Hall–Kier alpha value is -2.37. The Bertz CT molecular complexity index is 884. The maximum absolute atomic E-state index is 12.9. The van der Waals surface area contributed by atoms with Crippen molar-refractivity contribution in [2.75, 3.05) is 20.3 Å². The summed E-state index contributed by atoms with van der Waals surface area (Å²) in [6.07, 6.45) is 6.29. The highest BCUT2D eigenvalue weighted by Gasteiger charge is 2.52. The highest BCUT2D eigenvalue weighted by Crippen LogP contribution is 2.43. The Kier molecular flexibility index (Phi) is 7.71. The number of hydrogen-bond donors (Lipinski definition) is 1. The van der Waals surface area contributed by atoms with E-state index in [0.717, 1.165) is 54.6 Å². The van der Waals surface area contributed by atoms with Crippen molar-refractivity contribution in [1.29, 1.82) is 0 Å². The van der Waals surface area contributed by atoms with Crippen LogP contribution < -0.4 is 4.74 Å². The third kappa shape index (κ3) is 5.42. The maximum Gasteiger partial charge on any atom is 0.316 e. The van der Waals surface area contributed by atoms with E-state index in [9.17, 15) is 9.90 Å². The maximum atomic E-state index is 12.9. The van der Waals surface area contributed by atoms with Crippen LogP contribution in [0.2, 0.25) is 0 Å². The van der Waals surface area contributed by atoms with Crippen molar-refractivity contribution in [3.63, 3.8) is 0 Å². The second-order valence-electron chi connectivity index (χ2n) is 9.91. The molecule has 2 aromatic carbocycles. The van der Waals surface area contributed by atoms with Crippen molar-refractivity contribution in [2.45, 2.75) is 76.1 Å². The average molecular weight is 453 g/mol. The number of aliphatic hydroxyl groups excluding tert-OH is 1. The lowest BCUT2D eigenvalue weighted by atomic mass is 9.95. The van der Waals surface area contributed by atoms with Crippen molar-refractivity contribution < 1.29 is 23.9 Å². The molecule has 2 heterocycles. The predicted octanol–water partition coefficient (Wildman–Crippen LogP) is 4.82. The lowest BCUT2D eigenvalue weighted by molar-refractivity contribution is -0.961. The van der Waals surface area contributed by atoms with Crippen molar-refractivity contribution in [1.82, 2.24) is 0 Å². The summed E-state index contributed by atoms with van der Waals surface area (Å²) >= 11 is 0. The van der Waals surface area contributed by atoms with Crippen molar-refractivity contribution >= 4 is 5.97 Å². The van der Waals surface area contributed by atoms with Gasteiger partial charge in [-0.25, -0.2) is 0 Å². The standard InChI is InChI=1S/C28H38NO4/c1-3-4-16-32-25-14-10-21(11-15-25)19-29(2)23-12-13-24(29)18-26(17-23)33-28(31)27(20-30)22-8-6-5-7-9-22/h5-11,14-15,23-24,26-27,30H,3-4,12-13,16-20H2,1-2H3/q+1/t23-,24-,26?,27-,29?/m1/s1. The highest BCUT2D eigenvalue weighted by atomic mass is 16.5. The van der Waals surface area contributed by atoms with Gasteiger partial charge < -0.3 is 19.1 Å². The predicted molar refractivity (Wildman–Crippen MR) is 129 cm³/mol. The first-order valence-corrected chi connectivity index (χ1v) is 12.5. The number of esters is 1. The Labute approximate surface area is 197 Å². The number of fused-ring (bicyclic) bond motifs is 2. The van der Waals surface area contributed by atoms with Crippen molar-refractivity contribution in [2.24, 2.45) is 0 Å². The number of nitrogens with zero attached hydrogens (tertiary/aromatic N) is 1. The summed E-state index contributed by atoms with van der Waals surface area (Å²) in [5.41, 5.74) is 2.14. The van der Waals surface area contributed by atoms with E-state index in [-0.39, 0.29) is 18.7 Å². The number of carbonyl (C=O) groups is 1. The largest absolute Gasteiger partial charge is 0.494 e. The summed E-state index contributed by atoms with van der Waals surface area (Å²) < 4.78 is 12.8. The molecule has 0 amide bonds. The number of quaternary nitrogens is 1. The fourth-order valence-electron chi connectivity index (χ4n) is 5.71. The lowest BCUT2D eigenvalue weighted by Gasteiger charge is -2.47. The average Bonchev–Trinajstić information content (AvgIpc) is 2.98. The van der Waals surface area contributed by atoms with Gasteiger partial charge in [0.2, 0.25) is 0 Å². The zero-order chi connectivity index (χ0) is 23.3. The quantitative estimate of drug-likeness (QED) is 0.319. The Morgan fingerprint density at radius 1 is 1.06 bits per heavy atom. The van der Waals surface area contributed by atoms with Crippen molar-refractivity contribution in [3.8, 4) is 5.75 Å². The van der Waals surface area contributed by atoms with E-state index in [2.05, 4.69) is 38.2 Å². The second kappa shape index (κ2) is 10.7. The van der Waals surface area contributed by atoms with Gasteiger partial charge in [0.05, 0.1) is 32.3 Å². The summed E-state index contributed by atoms with van der Waals surface area (Å²) in [5, 5.41) is 9.81. The lowest BCUT2D eigenvalue weighted by Crippen LogP contribution is -2.58. The minimum atomic E-state index is -0.607. The summed E-state index contributed by atoms with van der Waals surface area (Å²) in [6, 6.07) is 19.0. The van der Waals surface area contributed by atoms with E-state index in [1.807, 2.05) is 30.3 Å². The molecular formula is C28H38NO4+. The SMILES string of the molecule is CCCCOc1ccc(C[N+]2(C)[C@@H]3CC[C@@H]2CC(OC(=O)[C@H](CO)c2ccccc2)C3)cc1. The van der Waals surface area contributed by atoms with Gasteiger partial charge in [-0.15, -0.1) is 0 Å².